The van der Waals surface area contributed by atoms with Crippen molar-refractivity contribution in [3.8, 4) is 0 Å². The van der Waals surface area contributed by atoms with Crippen LogP contribution in [0.2, 0.25) is 0 Å². The molecule has 1 aromatic heterocycles. The highest BCUT2D eigenvalue weighted by Gasteiger charge is 2.30. The van der Waals surface area contributed by atoms with Gasteiger partial charge in [0.25, 0.3) is 0 Å². The number of sulfone groups is 1. The number of rotatable bonds is 1. The van der Waals surface area contributed by atoms with Gasteiger partial charge in [-0.3, -0.25) is 0 Å². The first-order valence-corrected chi connectivity index (χ1v) is 5.21. The van der Waals surface area contributed by atoms with Crippen LogP contribution in [0, 0.1) is 0 Å². The van der Waals surface area contributed by atoms with Crippen LogP contribution in [0.3, 0.4) is 0 Å². The number of halogens is 1. The van der Waals surface area contributed by atoms with E-state index in [2.05, 4.69) is 4.99 Å². The van der Waals surface area contributed by atoms with Crippen molar-refractivity contribution in [2.45, 2.75) is 0 Å². The molecule has 0 radical (unpaired) electrons. The minimum Gasteiger partial charge on any atom is -0.464 e. The molecule has 1 aliphatic rings. The fourth-order valence-electron chi connectivity index (χ4n) is 0.954. The molecule has 0 aliphatic carbocycles. The first-order valence-electron chi connectivity index (χ1n) is 3.35. The average molecular weight is 218 g/mol. The van der Waals surface area contributed by atoms with Gasteiger partial charge in [-0.15, -0.1) is 0 Å². The van der Waals surface area contributed by atoms with Crippen LogP contribution in [-0.2, 0) is 9.84 Å². The van der Waals surface area contributed by atoms with Crippen LogP contribution < -0.4 is 0 Å². The van der Waals surface area contributed by atoms with Crippen LogP contribution in [0.15, 0.2) is 34.0 Å². The van der Waals surface area contributed by atoms with Gasteiger partial charge in [0.05, 0.1) is 12.5 Å². The molecule has 0 amide bonds. The Morgan fingerprint density at radius 3 is 2.69 bits per heavy atom. The van der Waals surface area contributed by atoms with E-state index in [1.807, 2.05) is 0 Å². The maximum atomic E-state index is 11.4. The lowest BCUT2D eigenvalue weighted by Crippen LogP contribution is -2.05. The van der Waals surface area contributed by atoms with Gasteiger partial charge in [0, 0.05) is 0 Å². The van der Waals surface area contributed by atoms with Crippen molar-refractivity contribution >= 4 is 30.8 Å². The summed E-state index contributed by atoms with van der Waals surface area (Å²) in [4.78, 5) is 3.50. The van der Waals surface area contributed by atoms with Crippen molar-refractivity contribution in [1.29, 1.82) is 0 Å². The topological polar surface area (TPSA) is 59.6 Å². The third-order valence-electron chi connectivity index (χ3n) is 1.56. The van der Waals surface area contributed by atoms with Gasteiger partial charge in [0.2, 0.25) is 14.3 Å². The molecule has 2 rings (SSSR count). The molecule has 1 aliphatic heterocycles. The van der Waals surface area contributed by atoms with Gasteiger partial charge in [0.15, 0.2) is 0 Å². The minimum atomic E-state index is -3.61. The standard InChI is InChI=1S/C7H4ClNO3S/c8-7-9-4-6(13(7,10)11)5-2-1-3-12-5/h1-4H. The van der Waals surface area contributed by atoms with Gasteiger partial charge in [-0.1, -0.05) is 0 Å². The monoisotopic (exact) mass is 217 g/mol. The van der Waals surface area contributed by atoms with Crippen LogP contribution >= 0.6 is 11.6 Å². The summed E-state index contributed by atoms with van der Waals surface area (Å²) in [6.45, 7) is 0. The Balaban J connectivity index is 2.54. The molecule has 0 fully saturated rings. The molecule has 0 N–H and O–H groups in total. The summed E-state index contributed by atoms with van der Waals surface area (Å²) in [5.41, 5.74) is 0. The van der Waals surface area contributed by atoms with E-state index in [4.69, 9.17) is 16.0 Å². The predicted octanol–water partition coefficient (Wildman–Crippen LogP) is 1.60. The number of nitrogens with zero attached hydrogens (tertiary/aromatic N) is 1. The number of hydrogen-bond donors (Lipinski definition) is 0. The lowest BCUT2D eigenvalue weighted by molar-refractivity contribution is 0.553. The second-order valence-electron chi connectivity index (χ2n) is 2.36. The van der Waals surface area contributed by atoms with Crippen molar-refractivity contribution in [3.63, 3.8) is 0 Å². The number of aliphatic imine (C=N–C) groups is 1. The number of furan rings is 1. The summed E-state index contributed by atoms with van der Waals surface area (Å²) >= 11 is 5.38. The highest BCUT2D eigenvalue weighted by Crippen LogP contribution is 2.28. The first-order chi connectivity index (χ1) is 6.12. The number of hydrogen-bond acceptors (Lipinski definition) is 4. The predicted molar refractivity (Wildman–Crippen MR) is 48.9 cm³/mol. The molecule has 0 unspecified atom stereocenters. The summed E-state index contributed by atoms with van der Waals surface area (Å²) < 4.78 is 27.3. The molecule has 0 spiro atoms. The van der Waals surface area contributed by atoms with E-state index in [1.165, 1.54) is 18.5 Å². The van der Waals surface area contributed by atoms with Crippen LogP contribution in [0.5, 0.6) is 0 Å². The van der Waals surface area contributed by atoms with Gasteiger partial charge in [-0.2, -0.15) is 0 Å². The third kappa shape index (κ3) is 1.20. The SMILES string of the molecule is O=S1(=O)C(c2ccco2)=CN=C1Cl. The molecule has 13 heavy (non-hydrogen) atoms. The third-order valence-corrected chi connectivity index (χ3v) is 3.70. The Labute approximate surface area is 79.4 Å². The Kier molecular flexibility index (Phi) is 1.78. The van der Waals surface area contributed by atoms with Crippen molar-refractivity contribution in [1.82, 2.24) is 0 Å². The van der Waals surface area contributed by atoms with E-state index in [1.54, 1.807) is 6.07 Å². The average Bonchev–Trinajstić information content (AvgIpc) is 2.62. The Morgan fingerprint density at radius 1 is 1.46 bits per heavy atom. The smallest absolute Gasteiger partial charge is 0.240 e. The quantitative estimate of drug-likeness (QED) is 0.718. The second-order valence-corrected chi connectivity index (χ2v) is 4.77. The molecule has 0 aromatic carbocycles. The van der Waals surface area contributed by atoms with E-state index in [9.17, 15) is 8.42 Å². The fraction of sp³-hybridized carbons (Fsp3) is 0. The zero-order valence-corrected chi connectivity index (χ0v) is 7.84. The van der Waals surface area contributed by atoms with Gasteiger partial charge >= 0.3 is 0 Å². The van der Waals surface area contributed by atoms with E-state index < -0.39 is 14.3 Å². The second kappa shape index (κ2) is 2.71. The van der Waals surface area contributed by atoms with Crippen LogP contribution in [0.25, 0.3) is 4.91 Å². The molecule has 0 saturated heterocycles. The van der Waals surface area contributed by atoms with Crippen molar-refractivity contribution in [3.05, 3.63) is 30.4 Å². The summed E-state index contributed by atoms with van der Waals surface area (Å²) in [5, 5.41) is 0. The molecule has 2 heterocycles. The normalized spacial score (nSPS) is 19.8. The lowest BCUT2D eigenvalue weighted by atomic mass is 10.4. The van der Waals surface area contributed by atoms with Crippen molar-refractivity contribution < 1.29 is 12.8 Å². The molecule has 68 valence electrons. The van der Waals surface area contributed by atoms with Crippen LogP contribution in [0.4, 0.5) is 0 Å². The summed E-state index contributed by atoms with van der Waals surface area (Å²) in [6.07, 6.45) is 2.56. The zero-order chi connectivity index (χ0) is 9.47. The highest BCUT2D eigenvalue weighted by atomic mass is 35.5. The van der Waals surface area contributed by atoms with Gasteiger partial charge in [0.1, 0.15) is 10.7 Å². The molecule has 0 atom stereocenters. The van der Waals surface area contributed by atoms with E-state index >= 15 is 0 Å². The summed E-state index contributed by atoms with van der Waals surface area (Å²) in [7, 11) is -3.61. The van der Waals surface area contributed by atoms with E-state index in [0.717, 1.165) is 0 Å². The lowest BCUT2D eigenvalue weighted by Gasteiger charge is -1.95. The summed E-state index contributed by atoms with van der Waals surface area (Å²) in [5.74, 6) is 0.249. The fourth-order valence-corrected chi connectivity index (χ4v) is 2.20. The maximum absolute atomic E-state index is 11.4. The van der Waals surface area contributed by atoms with Gasteiger partial charge in [-0.25, -0.2) is 13.4 Å². The Hall–Kier alpha value is -1.07. The zero-order valence-electron chi connectivity index (χ0n) is 6.27. The molecule has 1 aromatic rings. The molecular weight excluding hydrogens is 214 g/mol. The van der Waals surface area contributed by atoms with Gasteiger partial charge < -0.3 is 4.42 Å². The molecule has 0 saturated carbocycles. The summed E-state index contributed by atoms with van der Waals surface area (Å²) in [6, 6.07) is 3.13. The minimum absolute atomic E-state index is 0.00231. The maximum Gasteiger partial charge on any atom is 0.240 e. The van der Waals surface area contributed by atoms with Crippen LogP contribution in [-0.4, -0.2) is 12.9 Å². The van der Waals surface area contributed by atoms with Gasteiger partial charge in [-0.05, 0) is 23.7 Å². The first kappa shape index (κ1) is 8.52. The molecular formula is C7H4ClNO3S. The van der Waals surface area contributed by atoms with E-state index in [0.29, 0.717) is 0 Å². The molecule has 6 heteroatoms. The molecule has 4 nitrogen and oxygen atoms in total. The largest absolute Gasteiger partial charge is 0.464 e. The Morgan fingerprint density at radius 2 is 2.23 bits per heavy atom. The van der Waals surface area contributed by atoms with Crippen molar-refractivity contribution in [2.24, 2.45) is 4.99 Å². The Bertz CT molecular complexity index is 484. The van der Waals surface area contributed by atoms with Crippen molar-refractivity contribution in [2.75, 3.05) is 0 Å². The van der Waals surface area contributed by atoms with Crippen LogP contribution in [0.1, 0.15) is 5.76 Å². The van der Waals surface area contributed by atoms with E-state index in [-0.39, 0.29) is 10.7 Å². The molecule has 0 bridgehead atoms. The highest BCUT2D eigenvalue weighted by molar-refractivity contribution is 8.17.